The lowest BCUT2D eigenvalue weighted by Gasteiger charge is -2.36. The molecule has 0 bridgehead atoms. The van der Waals surface area contributed by atoms with Crippen LogP contribution < -0.4 is 0 Å². The van der Waals surface area contributed by atoms with Gasteiger partial charge in [0.25, 0.3) is 0 Å². The molecule has 0 atom stereocenters. The molecule has 0 aliphatic heterocycles. The van der Waals surface area contributed by atoms with Gasteiger partial charge in [-0.1, -0.05) is 31.4 Å². The van der Waals surface area contributed by atoms with Crippen molar-refractivity contribution in [3.05, 3.63) is 29.3 Å². The third-order valence-corrected chi connectivity index (χ3v) is 8.60. The Morgan fingerprint density at radius 1 is 0.939 bits per heavy atom. The van der Waals surface area contributed by atoms with Crippen molar-refractivity contribution in [1.82, 2.24) is 9.21 Å². The van der Waals surface area contributed by atoms with Gasteiger partial charge in [-0.3, -0.25) is 0 Å². The molecule has 0 unspecified atom stereocenters. The van der Waals surface area contributed by atoms with E-state index < -0.39 is 10.0 Å². The van der Waals surface area contributed by atoms with E-state index in [2.05, 4.69) is 11.9 Å². The Morgan fingerprint density at radius 2 is 1.61 bits per heavy atom. The minimum atomic E-state index is -3.51. The van der Waals surface area contributed by atoms with Gasteiger partial charge in [-0.05, 0) is 82.8 Å². The summed E-state index contributed by atoms with van der Waals surface area (Å²) in [4.78, 5) is 2.64. The van der Waals surface area contributed by atoms with E-state index in [0.29, 0.717) is 16.5 Å². The summed E-state index contributed by atoms with van der Waals surface area (Å²) in [6.07, 6.45) is 9.32. The summed E-state index contributed by atoms with van der Waals surface area (Å²) in [5.74, 6) is 0. The van der Waals surface area contributed by atoms with Gasteiger partial charge in [-0.2, -0.15) is 4.31 Å². The summed E-state index contributed by atoms with van der Waals surface area (Å²) < 4.78 is 39.4. The lowest BCUT2D eigenvalue weighted by molar-refractivity contribution is 0.0141. The highest BCUT2D eigenvalue weighted by Gasteiger charge is 2.33. The fourth-order valence-electron chi connectivity index (χ4n) is 4.41. The molecule has 2 rings (SSSR count). The molecule has 6 nitrogen and oxygen atoms in total. The zero-order valence-electron chi connectivity index (χ0n) is 20.7. The van der Waals surface area contributed by atoms with Gasteiger partial charge in [0.15, 0.2) is 0 Å². The number of hydrogen-bond acceptors (Lipinski definition) is 5. The highest BCUT2D eigenvalue weighted by Crippen LogP contribution is 2.30. The number of likely N-dealkylation sites (N-methyl/N-ethyl adjacent to an activating group) is 1. The molecular weight excluding hydrogens is 460 g/mol. The largest absolute Gasteiger partial charge is 0.383 e. The predicted molar refractivity (Wildman–Crippen MR) is 135 cm³/mol. The second kappa shape index (κ2) is 15.3. The third-order valence-electron chi connectivity index (χ3n) is 6.38. The van der Waals surface area contributed by atoms with Gasteiger partial charge >= 0.3 is 0 Å². The molecule has 190 valence electrons. The van der Waals surface area contributed by atoms with Crippen LogP contribution in [0.3, 0.4) is 0 Å². The number of methoxy groups -OCH3 is 1. The van der Waals surface area contributed by atoms with Crippen LogP contribution in [0.2, 0.25) is 5.02 Å². The quantitative estimate of drug-likeness (QED) is 0.290. The summed E-state index contributed by atoms with van der Waals surface area (Å²) >= 11 is 5.94. The van der Waals surface area contributed by atoms with Crippen molar-refractivity contribution >= 4 is 21.6 Å². The van der Waals surface area contributed by atoms with Crippen molar-refractivity contribution in [3.63, 3.8) is 0 Å². The first-order chi connectivity index (χ1) is 15.9. The number of halogens is 1. The van der Waals surface area contributed by atoms with E-state index in [1.54, 1.807) is 35.7 Å². The van der Waals surface area contributed by atoms with Crippen LogP contribution >= 0.6 is 11.6 Å². The standard InChI is InChI=1S/C25H43ClN2O4S/c1-4-17-28(33(29,30)25-15-9-22(26)10-16-25)23-11-13-24(14-12-23)32-20-8-6-5-7-18-27(2)19-21-31-3/h9-10,15-16,23-24H,4-8,11-14,17-21H2,1-3H3/t23-,24-. The van der Waals surface area contributed by atoms with E-state index in [-0.39, 0.29) is 12.1 Å². The summed E-state index contributed by atoms with van der Waals surface area (Å²) in [6.45, 7) is 6.26. The lowest BCUT2D eigenvalue weighted by Crippen LogP contribution is -2.43. The second-order valence-corrected chi connectivity index (χ2v) is 11.4. The van der Waals surface area contributed by atoms with E-state index in [4.69, 9.17) is 21.1 Å². The Morgan fingerprint density at radius 3 is 2.24 bits per heavy atom. The molecule has 0 aromatic heterocycles. The van der Waals surface area contributed by atoms with Crippen LogP contribution in [-0.2, 0) is 19.5 Å². The van der Waals surface area contributed by atoms with E-state index in [1.807, 2.05) is 6.92 Å². The van der Waals surface area contributed by atoms with E-state index in [1.165, 1.54) is 19.3 Å². The van der Waals surface area contributed by atoms with Crippen molar-refractivity contribution in [1.29, 1.82) is 0 Å². The molecule has 0 spiro atoms. The first-order valence-corrected chi connectivity index (χ1v) is 14.3. The average Bonchev–Trinajstić information content (AvgIpc) is 2.81. The molecule has 1 aromatic rings. The first kappa shape index (κ1) is 28.5. The summed E-state index contributed by atoms with van der Waals surface area (Å²) in [5.41, 5.74) is 0. The number of unbranched alkanes of at least 4 members (excludes halogenated alkanes) is 3. The Hall–Kier alpha value is -0.700. The summed E-state index contributed by atoms with van der Waals surface area (Å²) in [5, 5.41) is 0.545. The Kier molecular flexibility index (Phi) is 13.3. The number of rotatable bonds is 16. The van der Waals surface area contributed by atoms with E-state index in [0.717, 1.165) is 64.8 Å². The van der Waals surface area contributed by atoms with Crippen LogP contribution in [0, 0.1) is 0 Å². The molecule has 0 heterocycles. The van der Waals surface area contributed by atoms with Gasteiger partial charge in [-0.15, -0.1) is 0 Å². The first-order valence-electron chi connectivity index (χ1n) is 12.4. The van der Waals surface area contributed by atoms with Gasteiger partial charge in [0.05, 0.1) is 17.6 Å². The second-order valence-electron chi connectivity index (χ2n) is 9.08. The maximum Gasteiger partial charge on any atom is 0.243 e. The molecule has 0 N–H and O–H groups in total. The highest BCUT2D eigenvalue weighted by atomic mass is 35.5. The molecular formula is C25H43ClN2O4S. The van der Waals surface area contributed by atoms with Crippen LogP contribution in [0.4, 0.5) is 0 Å². The van der Waals surface area contributed by atoms with Gasteiger partial charge in [0, 0.05) is 37.9 Å². The Labute approximate surface area is 206 Å². The SMILES string of the molecule is CCCN([C@H]1CC[C@H](OCCCCCCN(C)CCOC)CC1)S(=O)(=O)c1ccc(Cl)cc1. The Bertz CT molecular complexity index is 752. The van der Waals surface area contributed by atoms with Crippen LogP contribution in [-0.4, -0.2) is 76.8 Å². The Balaban J connectivity index is 1.69. The summed E-state index contributed by atoms with van der Waals surface area (Å²) in [6, 6.07) is 6.53. The molecule has 1 aliphatic rings. The fraction of sp³-hybridized carbons (Fsp3) is 0.760. The molecule has 8 heteroatoms. The number of ether oxygens (including phenoxy) is 2. The van der Waals surface area contributed by atoms with Gasteiger partial charge < -0.3 is 14.4 Å². The fourth-order valence-corrected chi connectivity index (χ4v) is 6.31. The van der Waals surface area contributed by atoms with Crippen molar-refractivity contribution in [2.24, 2.45) is 0 Å². The smallest absolute Gasteiger partial charge is 0.243 e. The number of hydrogen-bond donors (Lipinski definition) is 0. The van der Waals surface area contributed by atoms with Crippen LogP contribution in [0.15, 0.2) is 29.2 Å². The van der Waals surface area contributed by atoms with Crippen LogP contribution in [0.1, 0.15) is 64.7 Å². The number of sulfonamides is 1. The van der Waals surface area contributed by atoms with E-state index in [9.17, 15) is 8.42 Å². The molecule has 1 saturated carbocycles. The van der Waals surface area contributed by atoms with E-state index >= 15 is 0 Å². The minimum Gasteiger partial charge on any atom is -0.383 e. The van der Waals surface area contributed by atoms with Crippen molar-refractivity contribution < 1.29 is 17.9 Å². The third kappa shape index (κ3) is 9.82. The van der Waals surface area contributed by atoms with Crippen LogP contribution in [0.25, 0.3) is 0 Å². The maximum atomic E-state index is 13.2. The lowest BCUT2D eigenvalue weighted by atomic mass is 9.93. The normalized spacial score (nSPS) is 19.5. The maximum absolute atomic E-state index is 13.2. The molecule has 1 aliphatic carbocycles. The number of benzene rings is 1. The van der Waals surface area contributed by atoms with Gasteiger partial charge in [0.1, 0.15) is 0 Å². The zero-order chi connectivity index (χ0) is 24.1. The van der Waals surface area contributed by atoms with Gasteiger partial charge in [-0.25, -0.2) is 8.42 Å². The number of nitrogens with zero attached hydrogens (tertiary/aromatic N) is 2. The monoisotopic (exact) mass is 502 g/mol. The topological polar surface area (TPSA) is 59.1 Å². The summed E-state index contributed by atoms with van der Waals surface area (Å²) in [7, 11) is 0.366. The molecule has 0 radical (unpaired) electrons. The predicted octanol–water partition coefficient (Wildman–Crippen LogP) is 5.21. The van der Waals surface area contributed by atoms with Gasteiger partial charge in [0.2, 0.25) is 10.0 Å². The molecule has 33 heavy (non-hydrogen) atoms. The zero-order valence-corrected chi connectivity index (χ0v) is 22.2. The minimum absolute atomic E-state index is 0.0422. The molecule has 0 saturated heterocycles. The average molecular weight is 503 g/mol. The van der Waals surface area contributed by atoms with Crippen molar-refractivity contribution in [3.8, 4) is 0 Å². The van der Waals surface area contributed by atoms with Crippen molar-refractivity contribution in [2.75, 3.05) is 47.0 Å². The molecule has 1 fully saturated rings. The highest BCUT2D eigenvalue weighted by molar-refractivity contribution is 7.89. The van der Waals surface area contributed by atoms with Crippen LogP contribution in [0.5, 0.6) is 0 Å². The molecule has 0 amide bonds. The van der Waals surface area contributed by atoms with Crippen molar-refractivity contribution in [2.45, 2.75) is 81.8 Å². The molecule has 1 aromatic carbocycles.